The number of carbonyl (C=O) groups is 2. The summed E-state index contributed by atoms with van der Waals surface area (Å²) >= 11 is 0. The summed E-state index contributed by atoms with van der Waals surface area (Å²) in [5, 5.41) is 11.4. The largest absolute Gasteiger partial charge is 0.478 e. The van der Waals surface area contributed by atoms with Crippen molar-refractivity contribution >= 4 is 17.7 Å². The van der Waals surface area contributed by atoms with E-state index in [9.17, 15) is 9.59 Å². The SMILES string of the molecule is CNC(=O)CN(C)c1ncccc1C(=O)O. The van der Waals surface area contributed by atoms with Gasteiger partial charge in [0.1, 0.15) is 11.4 Å². The van der Waals surface area contributed by atoms with Crippen LogP contribution in [0.2, 0.25) is 0 Å². The second-order valence-corrected chi connectivity index (χ2v) is 3.21. The lowest BCUT2D eigenvalue weighted by atomic mass is 10.2. The Balaban J connectivity index is 2.94. The van der Waals surface area contributed by atoms with Gasteiger partial charge in [-0.1, -0.05) is 0 Å². The van der Waals surface area contributed by atoms with E-state index in [1.165, 1.54) is 24.2 Å². The number of nitrogens with zero attached hydrogens (tertiary/aromatic N) is 2. The van der Waals surface area contributed by atoms with Crippen molar-refractivity contribution in [2.24, 2.45) is 0 Å². The van der Waals surface area contributed by atoms with Crippen LogP contribution in [-0.2, 0) is 4.79 Å². The number of hydrogen-bond acceptors (Lipinski definition) is 4. The fourth-order valence-corrected chi connectivity index (χ4v) is 1.24. The number of hydrogen-bond donors (Lipinski definition) is 2. The Bertz CT molecular complexity index is 406. The molecule has 1 rings (SSSR count). The van der Waals surface area contributed by atoms with Crippen LogP contribution in [-0.4, -0.2) is 42.6 Å². The number of aromatic nitrogens is 1. The molecule has 0 aliphatic carbocycles. The zero-order valence-corrected chi connectivity index (χ0v) is 9.10. The van der Waals surface area contributed by atoms with Gasteiger partial charge in [-0.25, -0.2) is 9.78 Å². The zero-order valence-electron chi connectivity index (χ0n) is 9.10. The Labute approximate surface area is 92.9 Å². The average Bonchev–Trinajstić information content (AvgIpc) is 2.28. The maximum absolute atomic E-state index is 11.1. The van der Waals surface area contributed by atoms with Gasteiger partial charge in [-0.3, -0.25) is 4.79 Å². The van der Waals surface area contributed by atoms with Gasteiger partial charge in [0.15, 0.2) is 0 Å². The quantitative estimate of drug-likeness (QED) is 0.748. The molecule has 0 fully saturated rings. The first-order chi connectivity index (χ1) is 7.56. The summed E-state index contributed by atoms with van der Waals surface area (Å²) in [6.07, 6.45) is 1.49. The number of aromatic carboxylic acids is 1. The molecule has 0 unspecified atom stereocenters. The van der Waals surface area contributed by atoms with Gasteiger partial charge < -0.3 is 15.3 Å². The molecule has 1 aromatic heterocycles. The van der Waals surface area contributed by atoms with E-state index in [1.807, 2.05) is 0 Å². The second-order valence-electron chi connectivity index (χ2n) is 3.21. The Morgan fingerprint density at radius 3 is 2.81 bits per heavy atom. The van der Waals surface area contributed by atoms with Crippen LogP contribution >= 0.6 is 0 Å². The zero-order chi connectivity index (χ0) is 12.1. The molecule has 6 heteroatoms. The monoisotopic (exact) mass is 223 g/mol. The summed E-state index contributed by atoms with van der Waals surface area (Å²) in [5.41, 5.74) is 0.0777. The van der Waals surface area contributed by atoms with Gasteiger partial charge in [-0.15, -0.1) is 0 Å². The summed E-state index contributed by atoms with van der Waals surface area (Å²) < 4.78 is 0. The second kappa shape index (κ2) is 5.11. The molecule has 0 aromatic carbocycles. The molecule has 2 N–H and O–H groups in total. The van der Waals surface area contributed by atoms with E-state index in [-0.39, 0.29) is 23.8 Å². The van der Waals surface area contributed by atoms with Crippen molar-refractivity contribution in [2.75, 3.05) is 25.5 Å². The summed E-state index contributed by atoms with van der Waals surface area (Å²) in [7, 11) is 3.14. The molecule has 0 aliphatic rings. The molecule has 0 saturated heterocycles. The number of carboxylic acid groups (broad SMARTS) is 1. The Hall–Kier alpha value is -2.11. The molecule has 1 aromatic rings. The first-order valence-corrected chi connectivity index (χ1v) is 4.66. The predicted octanol–water partition coefficient (Wildman–Crippen LogP) is -0.0380. The van der Waals surface area contributed by atoms with Crippen molar-refractivity contribution in [1.82, 2.24) is 10.3 Å². The third-order valence-corrected chi connectivity index (χ3v) is 2.04. The Morgan fingerprint density at radius 1 is 1.56 bits per heavy atom. The van der Waals surface area contributed by atoms with Crippen LogP contribution in [0.5, 0.6) is 0 Å². The molecular weight excluding hydrogens is 210 g/mol. The molecule has 0 spiro atoms. The van der Waals surface area contributed by atoms with Crippen LogP contribution < -0.4 is 10.2 Å². The molecule has 0 atom stereocenters. The molecule has 6 nitrogen and oxygen atoms in total. The van der Waals surface area contributed by atoms with Crippen LogP contribution in [0.15, 0.2) is 18.3 Å². The van der Waals surface area contributed by atoms with E-state index < -0.39 is 5.97 Å². The molecule has 0 radical (unpaired) electrons. The molecular formula is C10H13N3O3. The normalized spacial score (nSPS) is 9.62. The van der Waals surface area contributed by atoms with Gasteiger partial charge >= 0.3 is 5.97 Å². The number of likely N-dealkylation sites (N-methyl/N-ethyl adjacent to an activating group) is 2. The van der Waals surface area contributed by atoms with E-state index in [2.05, 4.69) is 10.3 Å². The maximum Gasteiger partial charge on any atom is 0.339 e. The Morgan fingerprint density at radius 2 is 2.25 bits per heavy atom. The standard InChI is InChI=1S/C10H13N3O3/c1-11-8(14)6-13(2)9-7(10(15)16)4-3-5-12-9/h3-5H,6H2,1-2H3,(H,11,14)(H,15,16). The van der Waals surface area contributed by atoms with Crippen molar-refractivity contribution in [3.8, 4) is 0 Å². The van der Waals surface area contributed by atoms with Crippen molar-refractivity contribution < 1.29 is 14.7 Å². The van der Waals surface area contributed by atoms with Crippen LogP contribution in [0.3, 0.4) is 0 Å². The van der Waals surface area contributed by atoms with Gasteiger partial charge in [0.25, 0.3) is 0 Å². The van der Waals surface area contributed by atoms with Crippen LogP contribution in [0.4, 0.5) is 5.82 Å². The summed E-state index contributed by atoms with van der Waals surface area (Å²) in [5.74, 6) is -0.991. The lowest BCUT2D eigenvalue weighted by Gasteiger charge is -2.18. The molecule has 0 saturated carbocycles. The van der Waals surface area contributed by atoms with E-state index in [0.717, 1.165) is 0 Å². The number of amides is 1. The topological polar surface area (TPSA) is 82.5 Å². The first-order valence-electron chi connectivity index (χ1n) is 4.66. The number of rotatable bonds is 4. The number of nitrogens with one attached hydrogen (secondary N) is 1. The predicted molar refractivity (Wildman–Crippen MR) is 58.5 cm³/mol. The molecule has 86 valence electrons. The molecule has 1 heterocycles. The van der Waals surface area contributed by atoms with Crippen molar-refractivity contribution in [3.05, 3.63) is 23.9 Å². The highest BCUT2D eigenvalue weighted by Gasteiger charge is 2.15. The van der Waals surface area contributed by atoms with Crippen molar-refractivity contribution in [2.45, 2.75) is 0 Å². The number of pyridine rings is 1. The maximum atomic E-state index is 11.1. The minimum absolute atomic E-state index is 0.0633. The third kappa shape index (κ3) is 2.69. The lowest BCUT2D eigenvalue weighted by Crippen LogP contribution is -2.34. The summed E-state index contributed by atoms with van der Waals surface area (Å²) in [6.45, 7) is 0.0633. The molecule has 1 amide bonds. The number of anilines is 1. The van der Waals surface area contributed by atoms with Gasteiger partial charge in [0, 0.05) is 20.3 Å². The van der Waals surface area contributed by atoms with E-state index in [0.29, 0.717) is 0 Å². The van der Waals surface area contributed by atoms with Crippen LogP contribution in [0, 0.1) is 0 Å². The van der Waals surface area contributed by atoms with E-state index in [4.69, 9.17) is 5.11 Å². The molecule has 0 bridgehead atoms. The first kappa shape index (κ1) is 12.0. The highest BCUT2D eigenvalue weighted by molar-refractivity contribution is 5.94. The van der Waals surface area contributed by atoms with Gasteiger partial charge in [-0.2, -0.15) is 0 Å². The smallest absolute Gasteiger partial charge is 0.339 e. The van der Waals surface area contributed by atoms with Crippen LogP contribution in [0.1, 0.15) is 10.4 Å². The minimum atomic E-state index is -1.06. The highest BCUT2D eigenvalue weighted by atomic mass is 16.4. The fraction of sp³-hybridized carbons (Fsp3) is 0.300. The lowest BCUT2D eigenvalue weighted by molar-refractivity contribution is -0.119. The number of carboxylic acids is 1. The molecule has 16 heavy (non-hydrogen) atoms. The summed E-state index contributed by atoms with van der Waals surface area (Å²) in [6, 6.07) is 2.99. The van der Waals surface area contributed by atoms with Crippen molar-refractivity contribution in [1.29, 1.82) is 0 Å². The van der Waals surface area contributed by atoms with Crippen molar-refractivity contribution in [3.63, 3.8) is 0 Å². The van der Waals surface area contributed by atoms with E-state index >= 15 is 0 Å². The minimum Gasteiger partial charge on any atom is -0.478 e. The van der Waals surface area contributed by atoms with Gasteiger partial charge in [0.2, 0.25) is 5.91 Å². The van der Waals surface area contributed by atoms with Crippen LogP contribution in [0.25, 0.3) is 0 Å². The van der Waals surface area contributed by atoms with E-state index in [1.54, 1.807) is 13.1 Å². The highest BCUT2D eigenvalue weighted by Crippen LogP contribution is 2.14. The molecule has 0 aliphatic heterocycles. The van der Waals surface area contributed by atoms with Gasteiger partial charge in [0.05, 0.1) is 6.54 Å². The average molecular weight is 223 g/mol. The fourth-order valence-electron chi connectivity index (χ4n) is 1.24. The Kier molecular flexibility index (Phi) is 3.82. The summed E-state index contributed by atoms with van der Waals surface area (Å²) in [4.78, 5) is 27.5. The van der Waals surface area contributed by atoms with Gasteiger partial charge in [-0.05, 0) is 12.1 Å². The number of carbonyl (C=O) groups excluding carboxylic acids is 1. The third-order valence-electron chi connectivity index (χ3n) is 2.04.